The molecule has 0 fully saturated rings. The van der Waals surface area contributed by atoms with Crippen LogP contribution in [0.15, 0.2) is 42.5 Å². The van der Waals surface area contributed by atoms with Gasteiger partial charge in [0.15, 0.2) is 5.11 Å². The van der Waals surface area contributed by atoms with Crippen LogP contribution in [0.2, 0.25) is 5.02 Å². The quantitative estimate of drug-likeness (QED) is 0.653. The lowest BCUT2D eigenvalue weighted by molar-refractivity contribution is 0.0955. The number of nitrogens with zero attached hydrogens (tertiary/aromatic N) is 1. The average Bonchev–Trinajstić information content (AvgIpc) is 2.48. The van der Waals surface area contributed by atoms with Crippen LogP contribution in [0, 0.1) is 13.8 Å². The Labute approximate surface area is 139 Å². The fourth-order valence-corrected chi connectivity index (χ4v) is 2.16. The van der Waals surface area contributed by atoms with E-state index >= 15 is 0 Å². The zero-order chi connectivity index (χ0) is 16.3. The summed E-state index contributed by atoms with van der Waals surface area (Å²) < 4.78 is 0. The molecule has 0 unspecified atom stereocenters. The van der Waals surface area contributed by atoms with Gasteiger partial charge in [0.2, 0.25) is 0 Å². The molecule has 2 rings (SSSR count). The molecule has 0 radical (unpaired) electrons. The van der Waals surface area contributed by atoms with Crippen LogP contribution in [0.4, 0.5) is 5.69 Å². The number of carbonyl (C=O) groups is 1. The average molecular weight is 334 g/mol. The topological polar surface area (TPSA) is 58.4 Å². The molecular weight excluding hydrogens is 318 g/mol. The zero-order valence-electron chi connectivity index (χ0n) is 12.3. The summed E-state index contributed by atoms with van der Waals surface area (Å²) in [6, 6.07) is 12.3. The van der Waals surface area contributed by atoms with E-state index in [0.29, 0.717) is 16.3 Å². The minimum Gasteiger partial charge on any atom is -0.374 e. The number of nitrogens with one attached hydrogen (secondary N) is 1. The molecule has 0 aliphatic heterocycles. The van der Waals surface area contributed by atoms with Gasteiger partial charge < -0.3 is 5.73 Å². The monoisotopic (exact) mass is 333 g/mol. The molecule has 114 valence electrons. The highest BCUT2D eigenvalue weighted by Gasteiger charge is 2.15. The maximum atomic E-state index is 12.3. The molecule has 3 N–H and O–H groups in total. The highest BCUT2D eigenvalue weighted by molar-refractivity contribution is 7.80. The van der Waals surface area contributed by atoms with Crippen molar-refractivity contribution in [2.24, 2.45) is 5.73 Å². The van der Waals surface area contributed by atoms with Crippen molar-refractivity contribution in [3.63, 3.8) is 0 Å². The van der Waals surface area contributed by atoms with E-state index in [0.717, 1.165) is 11.1 Å². The van der Waals surface area contributed by atoms with Gasteiger partial charge in [0, 0.05) is 10.6 Å². The predicted octanol–water partition coefficient (Wildman–Crippen LogP) is 3.35. The number of benzene rings is 2. The molecular formula is C16H16ClN3OS. The van der Waals surface area contributed by atoms with Crippen molar-refractivity contribution >= 4 is 40.5 Å². The van der Waals surface area contributed by atoms with Gasteiger partial charge in [-0.25, -0.2) is 5.01 Å². The first-order valence-electron chi connectivity index (χ1n) is 6.62. The molecule has 0 spiro atoms. The minimum atomic E-state index is -0.317. The number of aryl methyl sites for hydroxylation is 2. The lowest BCUT2D eigenvalue weighted by Gasteiger charge is -2.24. The van der Waals surface area contributed by atoms with Crippen LogP contribution in [0.1, 0.15) is 21.5 Å². The summed E-state index contributed by atoms with van der Waals surface area (Å²) in [6.07, 6.45) is 0. The van der Waals surface area contributed by atoms with Crippen LogP contribution in [0.3, 0.4) is 0 Å². The number of thiocarbonyl (C=S) groups is 1. The zero-order valence-corrected chi connectivity index (χ0v) is 13.8. The second kappa shape index (κ2) is 6.77. The molecule has 0 aromatic heterocycles. The van der Waals surface area contributed by atoms with Gasteiger partial charge in [0.05, 0.1) is 5.69 Å². The lowest BCUT2D eigenvalue weighted by Crippen LogP contribution is -2.49. The summed E-state index contributed by atoms with van der Waals surface area (Å²) in [5.41, 5.74) is 11.8. The number of carbonyl (C=O) groups excluding carboxylic acids is 1. The van der Waals surface area contributed by atoms with Crippen LogP contribution >= 0.6 is 23.8 Å². The molecule has 0 heterocycles. The highest BCUT2D eigenvalue weighted by Crippen LogP contribution is 2.18. The lowest BCUT2D eigenvalue weighted by atomic mass is 10.1. The number of nitrogens with two attached hydrogens (primary N) is 1. The smallest absolute Gasteiger partial charge is 0.270 e. The summed E-state index contributed by atoms with van der Waals surface area (Å²) in [4.78, 5) is 12.3. The van der Waals surface area contributed by atoms with Crippen molar-refractivity contribution in [3.05, 3.63) is 64.2 Å². The van der Waals surface area contributed by atoms with Gasteiger partial charge in [-0.2, -0.15) is 0 Å². The summed E-state index contributed by atoms with van der Waals surface area (Å²) in [7, 11) is 0. The van der Waals surface area contributed by atoms with Crippen LogP contribution in [0.5, 0.6) is 0 Å². The number of rotatable bonds is 2. The molecule has 4 nitrogen and oxygen atoms in total. The highest BCUT2D eigenvalue weighted by atomic mass is 35.5. The summed E-state index contributed by atoms with van der Waals surface area (Å²) >= 11 is 10.8. The molecule has 0 bridgehead atoms. The fraction of sp³-hybridized carbons (Fsp3) is 0.125. The molecule has 6 heteroatoms. The van der Waals surface area contributed by atoms with Crippen LogP contribution in [-0.2, 0) is 0 Å². The van der Waals surface area contributed by atoms with Gasteiger partial charge in [0.25, 0.3) is 5.91 Å². The molecule has 0 saturated heterocycles. The second-order valence-corrected chi connectivity index (χ2v) is 5.74. The van der Waals surface area contributed by atoms with Gasteiger partial charge in [-0.15, -0.1) is 0 Å². The summed E-state index contributed by atoms with van der Waals surface area (Å²) in [5, 5.41) is 2.01. The third-order valence-corrected chi connectivity index (χ3v) is 3.72. The van der Waals surface area contributed by atoms with Gasteiger partial charge in [0.1, 0.15) is 0 Å². The molecule has 22 heavy (non-hydrogen) atoms. The number of amides is 1. The first kappa shape index (κ1) is 16.3. The van der Waals surface area contributed by atoms with Crippen LogP contribution in [0.25, 0.3) is 0 Å². The maximum absolute atomic E-state index is 12.3. The minimum absolute atomic E-state index is 0.0607. The predicted molar refractivity (Wildman–Crippen MR) is 94.1 cm³/mol. The molecule has 0 atom stereocenters. The molecule has 2 aromatic rings. The van der Waals surface area contributed by atoms with Gasteiger partial charge in [-0.3, -0.25) is 10.2 Å². The number of hydrogen-bond donors (Lipinski definition) is 2. The Morgan fingerprint density at radius 3 is 2.32 bits per heavy atom. The molecule has 1 amide bonds. The van der Waals surface area contributed by atoms with Crippen molar-refractivity contribution < 1.29 is 4.79 Å². The van der Waals surface area contributed by atoms with Crippen molar-refractivity contribution in [2.75, 3.05) is 5.01 Å². The molecule has 0 aliphatic carbocycles. The molecule has 0 saturated carbocycles. The Morgan fingerprint density at radius 2 is 1.77 bits per heavy atom. The van der Waals surface area contributed by atoms with E-state index in [4.69, 9.17) is 29.6 Å². The number of hydrogen-bond acceptors (Lipinski definition) is 2. The Hall–Kier alpha value is -2.11. The third kappa shape index (κ3) is 3.75. The Kier molecular flexibility index (Phi) is 5.00. The van der Waals surface area contributed by atoms with Gasteiger partial charge in [-0.1, -0.05) is 17.7 Å². The van der Waals surface area contributed by atoms with Crippen molar-refractivity contribution in [2.45, 2.75) is 13.8 Å². The van der Waals surface area contributed by atoms with Crippen molar-refractivity contribution in [1.29, 1.82) is 0 Å². The van der Waals surface area contributed by atoms with E-state index in [2.05, 4.69) is 5.43 Å². The number of anilines is 1. The standard InChI is InChI=1S/C16H16ClN3OS/c1-10-3-8-14(9-11(10)2)20(16(18)22)19-15(21)12-4-6-13(17)7-5-12/h3-9H,1-2H3,(H2,18,22)(H,19,21). The first-order chi connectivity index (χ1) is 10.4. The summed E-state index contributed by atoms with van der Waals surface area (Å²) in [6.45, 7) is 3.99. The fourth-order valence-electron chi connectivity index (χ4n) is 1.88. The van der Waals surface area contributed by atoms with E-state index in [9.17, 15) is 4.79 Å². The van der Waals surface area contributed by atoms with E-state index in [1.807, 2.05) is 32.0 Å². The van der Waals surface area contributed by atoms with E-state index in [1.165, 1.54) is 5.01 Å². The van der Waals surface area contributed by atoms with Crippen molar-refractivity contribution in [1.82, 2.24) is 5.43 Å². The third-order valence-electron chi connectivity index (χ3n) is 3.29. The Balaban J connectivity index is 2.25. The van der Waals surface area contributed by atoms with Gasteiger partial charge >= 0.3 is 0 Å². The van der Waals surface area contributed by atoms with Crippen molar-refractivity contribution in [3.8, 4) is 0 Å². The Morgan fingerprint density at radius 1 is 1.14 bits per heavy atom. The molecule has 2 aromatic carbocycles. The number of hydrazine groups is 1. The van der Waals surface area contributed by atoms with Crippen LogP contribution < -0.4 is 16.2 Å². The summed E-state index contributed by atoms with van der Waals surface area (Å²) in [5.74, 6) is -0.317. The van der Waals surface area contributed by atoms with E-state index in [1.54, 1.807) is 24.3 Å². The second-order valence-electron chi connectivity index (χ2n) is 4.89. The van der Waals surface area contributed by atoms with E-state index in [-0.39, 0.29) is 11.0 Å². The number of halogens is 1. The largest absolute Gasteiger partial charge is 0.374 e. The molecule has 0 aliphatic rings. The Bertz CT molecular complexity index is 716. The SMILES string of the molecule is Cc1ccc(N(NC(=O)c2ccc(Cl)cc2)C(N)=S)cc1C. The van der Waals surface area contributed by atoms with Crippen LogP contribution in [-0.4, -0.2) is 11.0 Å². The van der Waals surface area contributed by atoms with E-state index < -0.39 is 0 Å². The first-order valence-corrected chi connectivity index (χ1v) is 7.40. The maximum Gasteiger partial charge on any atom is 0.270 e. The van der Waals surface area contributed by atoms with Gasteiger partial charge in [-0.05, 0) is 73.6 Å². The normalized spacial score (nSPS) is 10.1.